The second-order valence-electron chi connectivity index (χ2n) is 5.40. The van der Waals surface area contributed by atoms with Crippen molar-refractivity contribution in [3.05, 3.63) is 24.0 Å². The van der Waals surface area contributed by atoms with Gasteiger partial charge in [0.15, 0.2) is 0 Å². The van der Waals surface area contributed by atoms with Crippen LogP contribution < -0.4 is 5.32 Å². The Bertz CT molecular complexity index is 348. The lowest BCUT2D eigenvalue weighted by Gasteiger charge is -2.30. The highest BCUT2D eigenvalue weighted by molar-refractivity contribution is 5.06. The minimum Gasteiger partial charge on any atom is -0.396 e. The molecule has 3 heteroatoms. The quantitative estimate of drug-likeness (QED) is 0.813. The molecule has 1 aliphatic carbocycles. The fraction of sp³-hybridized carbons (Fsp3) is 0.733. The molecule has 0 aliphatic heterocycles. The molecule has 1 fully saturated rings. The Hall–Kier alpha value is -0.800. The molecule has 0 spiro atoms. The van der Waals surface area contributed by atoms with Gasteiger partial charge in [0.1, 0.15) is 0 Å². The van der Waals surface area contributed by atoms with Gasteiger partial charge in [-0.05, 0) is 50.3 Å². The first-order chi connectivity index (χ1) is 8.85. The monoisotopic (exact) mass is 250 g/mol. The zero-order valence-corrected chi connectivity index (χ0v) is 11.4. The summed E-state index contributed by atoms with van der Waals surface area (Å²) in [5, 5.41) is 13.0. The lowest BCUT2D eigenvalue weighted by molar-refractivity contribution is 0.133. The smallest absolute Gasteiger partial charge is 0.0462 e. The van der Waals surface area contributed by atoms with Crippen molar-refractivity contribution >= 4 is 0 Å². The standard InChI is InChI=1S/C15H26N2O/c1-2-17-9-5-8-15(17)11-16-10-13-6-3-4-7-14(13)12-18/h5,8-9,13-14,16,18H,2-4,6-7,10-12H2,1H3. The Morgan fingerprint density at radius 2 is 2.11 bits per heavy atom. The highest BCUT2D eigenvalue weighted by atomic mass is 16.3. The lowest BCUT2D eigenvalue weighted by Crippen LogP contribution is -2.32. The van der Waals surface area contributed by atoms with E-state index in [0.717, 1.165) is 19.6 Å². The van der Waals surface area contributed by atoms with Gasteiger partial charge in [0.05, 0.1) is 0 Å². The van der Waals surface area contributed by atoms with E-state index in [1.807, 2.05) is 0 Å². The van der Waals surface area contributed by atoms with E-state index in [0.29, 0.717) is 18.4 Å². The van der Waals surface area contributed by atoms with Gasteiger partial charge in [-0.1, -0.05) is 12.8 Å². The molecule has 1 aliphatic rings. The summed E-state index contributed by atoms with van der Waals surface area (Å²) < 4.78 is 2.28. The molecule has 1 heterocycles. The number of nitrogens with zero attached hydrogens (tertiary/aromatic N) is 1. The Balaban J connectivity index is 1.77. The summed E-state index contributed by atoms with van der Waals surface area (Å²) in [5.41, 5.74) is 1.36. The number of hydrogen-bond acceptors (Lipinski definition) is 2. The van der Waals surface area contributed by atoms with Gasteiger partial charge in [0.25, 0.3) is 0 Å². The fourth-order valence-electron chi connectivity index (χ4n) is 3.10. The van der Waals surface area contributed by atoms with Crippen LogP contribution in [0.5, 0.6) is 0 Å². The fourth-order valence-corrected chi connectivity index (χ4v) is 3.10. The van der Waals surface area contributed by atoms with E-state index < -0.39 is 0 Å². The molecule has 3 nitrogen and oxygen atoms in total. The molecule has 0 aromatic carbocycles. The average Bonchev–Trinajstić information content (AvgIpc) is 2.87. The Morgan fingerprint density at radius 1 is 1.33 bits per heavy atom. The summed E-state index contributed by atoms with van der Waals surface area (Å²) in [4.78, 5) is 0. The third kappa shape index (κ3) is 3.36. The van der Waals surface area contributed by atoms with Crippen molar-refractivity contribution in [3.8, 4) is 0 Å². The van der Waals surface area contributed by atoms with Crippen molar-refractivity contribution in [1.82, 2.24) is 9.88 Å². The molecule has 0 saturated heterocycles. The predicted molar refractivity (Wildman–Crippen MR) is 74.3 cm³/mol. The van der Waals surface area contributed by atoms with Crippen molar-refractivity contribution in [2.45, 2.75) is 45.7 Å². The van der Waals surface area contributed by atoms with Crippen molar-refractivity contribution in [2.75, 3.05) is 13.2 Å². The van der Waals surface area contributed by atoms with Gasteiger partial charge in [-0.2, -0.15) is 0 Å². The summed E-state index contributed by atoms with van der Waals surface area (Å²) in [6, 6.07) is 4.29. The van der Waals surface area contributed by atoms with Crippen LogP contribution in [-0.2, 0) is 13.1 Å². The number of hydrogen-bond donors (Lipinski definition) is 2. The lowest BCUT2D eigenvalue weighted by atomic mass is 9.79. The molecule has 0 bridgehead atoms. The first kappa shape index (κ1) is 13.6. The Labute approximate surface area is 110 Å². The maximum absolute atomic E-state index is 9.40. The van der Waals surface area contributed by atoms with Crippen LogP contribution in [-0.4, -0.2) is 22.8 Å². The molecule has 2 rings (SSSR count). The van der Waals surface area contributed by atoms with E-state index in [1.54, 1.807) is 0 Å². The summed E-state index contributed by atoms with van der Waals surface area (Å²) in [6.45, 7) is 5.55. The van der Waals surface area contributed by atoms with Gasteiger partial charge in [-0.3, -0.25) is 0 Å². The zero-order chi connectivity index (χ0) is 12.8. The van der Waals surface area contributed by atoms with E-state index in [1.165, 1.54) is 31.4 Å². The molecular formula is C15H26N2O. The predicted octanol–water partition coefficient (Wildman–Crippen LogP) is 2.40. The topological polar surface area (TPSA) is 37.2 Å². The third-order valence-corrected chi connectivity index (χ3v) is 4.28. The first-order valence-corrected chi connectivity index (χ1v) is 7.30. The van der Waals surface area contributed by atoms with Crippen LogP contribution in [0, 0.1) is 11.8 Å². The average molecular weight is 250 g/mol. The van der Waals surface area contributed by atoms with E-state index in [-0.39, 0.29) is 0 Å². The molecule has 102 valence electrons. The van der Waals surface area contributed by atoms with E-state index in [4.69, 9.17) is 0 Å². The van der Waals surface area contributed by atoms with Crippen LogP contribution in [0.1, 0.15) is 38.3 Å². The second kappa shape index (κ2) is 6.95. The van der Waals surface area contributed by atoms with Gasteiger partial charge in [-0.15, -0.1) is 0 Å². The molecule has 2 unspecified atom stereocenters. The number of rotatable bonds is 6. The van der Waals surface area contributed by atoms with Crippen LogP contribution in [0.4, 0.5) is 0 Å². The van der Waals surface area contributed by atoms with E-state index in [9.17, 15) is 5.11 Å². The van der Waals surface area contributed by atoms with Gasteiger partial charge in [0, 0.05) is 31.6 Å². The van der Waals surface area contributed by atoms with E-state index in [2.05, 4.69) is 35.1 Å². The first-order valence-electron chi connectivity index (χ1n) is 7.30. The molecule has 2 atom stereocenters. The molecule has 18 heavy (non-hydrogen) atoms. The van der Waals surface area contributed by atoms with Crippen LogP contribution in [0.25, 0.3) is 0 Å². The number of aliphatic hydroxyl groups is 1. The van der Waals surface area contributed by atoms with Gasteiger partial charge < -0.3 is 15.0 Å². The van der Waals surface area contributed by atoms with Crippen molar-refractivity contribution in [2.24, 2.45) is 11.8 Å². The van der Waals surface area contributed by atoms with Crippen molar-refractivity contribution in [1.29, 1.82) is 0 Å². The highest BCUT2D eigenvalue weighted by Crippen LogP contribution is 2.29. The minimum atomic E-state index is 0.359. The molecule has 2 N–H and O–H groups in total. The van der Waals surface area contributed by atoms with Gasteiger partial charge >= 0.3 is 0 Å². The van der Waals surface area contributed by atoms with Crippen molar-refractivity contribution in [3.63, 3.8) is 0 Å². The third-order valence-electron chi connectivity index (χ3n) is 4.28. The molecule has 1 aromatic heterocycles. The summed E-state index contributed by atoms with van der Waals surface area (Å²) in [6.07, 6.45) is 7.23. The maximum atomic E-state index is 9.40. The van der Waals surface area contributed by atoms with Crippen LogP contribution in [0.15, 0.2) is 18.3 Å². The minimum absolute atomic E-state index is 0.359. The number of aliphatic hydroxyl groups excluding tert-OH is 1. The molecule has 1 saturated carbocycles. The van der Waals surface area contributed by atoms with E-state index >= 15 is 0 Å². The Morgan fingerprint density at radius 3 is 2.83 bits per heavy atom. The number of aromatic nitrogens is 1. The van der Waals surface area contributed by atoms with Crippen molar-refractivity contribution < 1.29 is 5.11 Å². The number of aryl methyl sites for hydroxylation is 1. The van der Waals surface area contributed by atoms with Gasteiger partial charge in [-0.25, -0.2) is 0 Å². The van der Waals surface area contributed by atoms with Crippen LogP contribution in [0.3, 0.4) is 0 Å². The summed E-state index contributed by atoms with van der Waals surface area (Å²) in [5.74, 6) is 1.18. The van der Waals surface area contributed by atoms with Crippen LogP contribution >= 0.6 is 0 Å². The molecule has 0 radical (unpaired) electrons. The molecule has 0 amide bonds. The summed E-state index contributed by atoms with van der Waals surface area (Å²) >= 11 is 0. The molecular weight excluding hydrogens is 224 g/mol. The number of nitrogens with one attached hydrogen (secondary N) is 1. The zero-order valence-electron chi connectivity index (χ0n) is 11.4. The highest BCUT2D eigenvalue weighted by Gasteiger charge is 2.23. The maximum Gasteiger partial charge on any atom is 0.0462 e. The second-order valence-corrected chi connectivity index (χ2v) is 5.40. The summed E-state index contributed by atoms with van der Waals surface area (Å²) in [7, 11) is 0. The van der Waals surface area contributed by atoms with Gasteiger partial charge in [0.2, 0.25) is 0 Å². The normalized spacial score (nSPS) is 24.3. The SMILES string of the molecule is CCn1cccc1CNCC1CCCCC1CO. The largest absolute Gasteiger partial charge is 0.396 e. The molecule has 1 aromatic rings. The Kier molecular flexibility index (Phi) is 5.26. The van der Waals surface area contributed by atoms with Crippen LogP contribution in [0.2, 0.25) is 0 Å².